The Hall–Kier alpha value is -4.46. The van der Waals surface area contributed by atoms with E-state index in [1.165, 1.54) is 31.6 Å². The van der Waals surface area contributed by atoms with Crippen molar-refractivity contribution in [1.29, 1.82) is 0 Å². The van der Waals surface area contributed by atoms with Crippen LogP contribution >= 0.6 is 0 Å². The fourth-order valence-electron chi connectivity index (χ4n) is 4.14. The van der Waals surface area contributed by atoms with Gasteiger partial charge in [0, 0.05) is 17.5 Å². The number of benzene rings is 3. The van der Waals surface area contributed by atoms with E-state index in [0.717, 1.165) is 0 Å². The zero-order valence-electron chi connectivity index (χ0n) is 17.4. The topological polar surface area (TPSA) is 126 Å². The van der Waals surface area contributed by atoms with Gasteiger partial charge in [0.05, 0.1) is 19.1 Å². The molecule has 0 spiro atoms. The third-order valence-electron chi connectivity index (χ3n) is 5.77. The number of methoxy groups -OCH3 is 1. The molecule has 1 aliphatic heterocycles. The molecule has 3 N–H and O–H groups in total. The van der Waals surface area contributed by atoms with Crippen LogP contribution in [0, 0.1) is 0 Å². The van der Waals surface area contributed by atoms with Crippen molar-refractivity contribution in [3.63, 3.8) is 0 Å². The molecule has 1 aliphatic rings. The van der Waals surface area contributed by atoms with Gasteiger partial charge in [-0.3, -0.25) is 9.59 Å². The zero-order chi connectivity index (χ0) is 23.3. The molecule has 0 saturated carbocycles. The number of carbonyl (C=O) groups is 1. The second kappa shape index (κ2) is 7.59. The molecule has 0 unspecified atom stereocenters. The first-order chi connectivity index (χ1) is 15.9. The fourth-order valence-corrected chi connectivity index (χ4v) is 4.14. The van der Waals surface area contributed by atoms with Gasteiger partial charge >= 0.3 is 5.97 Å². The fraction of sp³-hybridized carbons (Fsp3) is 0.120. The average molecular weight is 446 g/mol. The first kappa shape index (κ1) is 20.4. The van der Waals surface area contributed by atoms with Crippen LogP contribution in [0.25, 0.3) is 22.1 Å². The van der Waals surface area contributed by atoms with Crippen LogP contribution in [-0.4, -0.2) is 28.4 Å². The molecule has 0 saturated heterocycles. The summed E-state index contributed by atoms with van der Waals surface area (Å²) in [4.78, 5) is 25.6. The largest absolute Gasteiger partial charge is 0.507 e. The monoisotopic (exact) mass is 446 g/mol. The lowest BCUT2D eigenvalue weighted by atomic mass is 9.84. The highest BCUT2D eigenvalue weighted by molar-refractivity contribution is 5.94. The minimum Gasteiger partial charge on any atom is -0.507 e. The van der Waals surface area contributed by atoms with Gasteiger partial charge < -0.3 is 29.2 Å². The summed E-state index contributed by atoms with van der Waals surface area (Å²) in [6, 6.07) is 12.3. The van der Waals surface area contributed by atoms with Crippen LogP contribution < -0.4 is 14.9 Å². The first-order valence-electron chi connectivity index (χ1n) is 10.1. The van der Waals surface area contributed by atoms with E-state index >= 15 is 0 Å². The molecule has 166 valence electrons. The number of hydrogen-bond acceptors (Lipinski definition) is 8. The highest BCUT2D eigenvalue weighted by Crippen LogP contribution is 2.46. The standard InChI is InChI=1S/C25H18O8/c1-31-14-5-2-12(3-6-14)16-11-32-25-22-15(13-4-7-17(26)18(27)8-13)9-21(29)33-20(22)10-19(28)23(25)24(16)30/h2-8,10-11,15,26-28H,9H2,1H3/t15-/m1/s1. The van der Waals surface area contributed by atoms with Crippen molar-refractivity contribution in [3.8, 4) is 39.9 Å². The molecule has 0 radical (unpaired) electrons. The third-order valence-corrected chi connectivity index (χ3v) is 5.77. The van der Waals surface area contributed by atoms with Gasteiger partial charge in [0.1, 0.15) is 34.5 Å². The highest BCUT2D eigenvalue weighted by atomic mass is 16.5. The van der Waals surface area contributed by atoms with Gasteiger partial charge in [0.25, 0.3) is 0 Å². The van der Waals surface area contributed by atoms with Crippen molar-refractivity contribution in [1.82, 2.24) is 0 Å². The van der Waals surface area contributed by atoms with Crippen molar-refractivity contribution < 1.29 is 34.0 Å². The number of rotatable bonds is 3. The number of hydrogen-bond donors (Lipinski definition) is 3. The summed E-state index contributed by atoms with van der Waals surface area (Å²) in [5.74, 6) is -1.52. The zero-order valence-corrected chi connectivity index (χ0v) is 17.4. The number of carbonyl (C=O) groups excluding carboxylic acids is 1. The van der Waals surface area contributed by atoms with E-state index in [0.29, 0.717) is 22.4 Å². The van der Waals surface area contributed by atoms with Gasteiger partial charge in [-0.15, -0.1) is 0 Å². The summed E-state index contributed by atoms with van der Waals surface area (Å²) in [5.41, 5.74) is 1.35. The van der Waals surface area contributed by atoms with Gasteiger partial charge in [-0.05, 0) is 35.4 Å². The normalized spacial score (nSPS) is 15.2. The Morgan fingerprint density at radius 2 is 1.70 bits per heavy atom. The molecule has 1 aromatic heterocycles. The number of esters is 1. The molecular weight excluding hydrogens is 428 g/mol. The minimum atomic E-state index is -0.633. The summed E-state index contributed by atoms with van der Waals surface area (Å²) >= 11 is 0. The van der Waals surface area contributed by atoms with E-state index in [4.69, 9.17) is 13.9 Å². The molecule has 0 amide bonds. The summed E-state index contributed by atoms with van der Waals surface area (Å²) in [6.07, 6.45) is 1.22. The van der Waals surface area contributed by atoms with Crippen LogP contribution in [0.15, 0.2) is 64.0 Å². The molecule has 33 heavy (non-hydrogen) atoms. The van der Waals surface area contributed by atoms with Crippen LogP contribution in [0.4, 0.5) is 0 Å². The first-order valence-corrected chi connectivity index (χ1v) is 10.1. The third kappa shape index (κ3) is 3.32. The van der Waals surface area contributed by atoms with Crippen molar-refractivity contribution in [2.24, 2.45) is 0 Å². The molecule has 8 heteroatoms. The van der Waals surface area contributed by atoms with Crippen molar-refractivity contribution >= 4 is 16.9 Å². The number of phenols is 3. The smallest absolute Gasteiger partial charge is 0.312 e. The molecule has 0 fully saturated rings. The summed E-state index contributed by atoms with van der Waals surface area (Å²) in [6.45, 7) is 0. The van der Waals surface area contributed by atoms with Crippen LogP contribution in [0.5, 0.6) is 28.7 Å². The van der Waals surface area contributed by atoms with E-state index in [1.807, 2.05) is 0 Å². The quantitative estimate of drug-likeness (QED) is 0.245. The molecule has 8 nitrogen and oxygen atoms in total. The van der Waals surface area contributed by atoms with Crippen molar-refractivity contribution in [3.05, 3.63) is 76.1 Å². The number of ether oxygens (including phenoxy) is 2. The predicted molar refractivity (Wildman–Crippen MR) is 118 cm³/mol. The number of aromatic hydroxyl groups is 3. The molecule has 0 aliphatic carbocycles. The van der Waals surface area contributed by atoms with E-state index in [1.54, 1.807) is 30.3 Å². The Morgan fingerprint density at radius 1 is 0.939 bits per heavy atom. The maximum Gasteiger partial charge on any atom is 0.312 e. The van der Waals surface area contributed by atoms with E-state index < -0.39 is 17.3 Å². The maximum absolute atomic E-state index is 13.4. The van der Waals surface area contributed by atoms with Crippen molar-refractivity contribution in [2.75, 3.05) is 7.11 Å². The second-order valence-corrected chi connectivity index (χ2v) is 7.70. The lowest BCUT2D eigenvalue weighted by Gasteiger charge is -2.26. The van der Waals surface area contributed by atoms with E-state index in [2.05, 4.69) is 0 Å². The van der Waals surface area contributed by atoms with Crippen LogP contribution in [-0.2, 0) is 4.79 Å². The predicted octanol–water partition coefficient (Wildman–Crippen LogP) is 4.03. The molecule has 2 heterocycles. The highest BCUT2D eigenvalue weighted by Gasteiger charge is 2.34. The van der Waals surface area contributed by atoms with Crippen LogP contribution in [0.1, 0.15) is 23.5 Å². The van der Waals surface area contributed by atoms with E-state index in [-0.39, 0.29) is 46.0 Å². The SMILES string of the molecule is COc1ccc(-c2coc3c4c(cc(O)c3c2=O)OC(=O)C[C@@H]4c2ccc(O)c(O)c2)cc1. The Morgan fingerprint density at radius 3 is 2.39 bits per heavy atom. The minimum absolute atomic E-state index is 0.0481. The molecule has 0 bridgehead atoms. The lowest BCUT2D eigenvalue weighted by molar-refractivity contribution is -0.135. The average Bonchev–Trinajstić information content (AvgIpc) is 2.80. The summed E-state index contributed by atoms with van der Waals surface area (Å²) in [7, 11) is 1.54. The number of phenolic OH excluding ortho intramolecular Hbond substituents is 3. The Labute approximate surface area is 186 Å². The van der Waals surface area contributed by atoms with Crippen molar-refractivity contribution in [2.45, 2.75) is 12.3 Å². The van der Waals surface area contributed by atoms with E-state index in [9.17, 15) is 24.9 Å². The Kier molecular flexibility index (Phi) is 4.70. The molecule has 3 aromatic carbocycles. The van der Waals surface area contributed by atoms with Gasteiger partial charge in [-0.25, -0.2) is 0 Å². The molecular formula is C25H18O8. The molecule has 4 aromatic rings. The molecule has 5 rings (SSSR count). The Bertz CT molecular complexity index is 1470. The van der Waals surface area contributed by atoms with Gasteiger partial charge in [0.2, 0.25) is 5.43 Å². The summed E-state index contributed by atoms with van der Waals surface area (Å²) < 4.78 is 16.3. The lowest BCUT2D eigenvalue weighted by Crippen LogP contribution is -2.22. The molecule has 1 atom stereocenters. The summed E-state index contributed by atoms with van der Waals surface area (Å²) in [5, 5.41) is 30.2. The maximum atomic E-state index is 13.4. The van der Waals surface area contributed by atoms with Gasteiger partial charge in [-0.2, -0.15) is 0 Å². The number of fused-ring (bicyclic) bond motifs is 3. The second-order valence-electron chi connectivity index (χ2n) is 7.70. The van der Waals surface area contributed by atoms with Gasteiger partial charge in [0.15, 0.2) is 11.5 Å². The Balaban J connectivity index is 1.74. The van der Waals surface area contributed by atoms with Gasteiger partial charge in [-0.1, -0.05) is 18.2 Å². The van der Waals surface area contributed by atoms with Crippen LogP contribution in [0.3, 0.4) is 0 Å². The van der Waals surface area contributed by atoms with Crippen LogP contribution in [0.2, 0.25) is 0 Å².